The first kappa shape index (κ1) is 29.4. The van der Waals surface area contributed by atoms with Gasteiger partial charge >= 0.3 is 0 Å². The van der Waals surface area contributed by atoms with E-state index in [-0.39, 0.29) is 17.9 Å². The van der Waals surface area contributed by atoms with Crippen LogP contribution < -0.4 is 10.1 Å². The van der Waals surface area contributed by atoms with Gasteiger partial charge in [0.1, 0.15) is 21.5 Å². The molecule has 1 spiro atoms. The molecule has 4 heterocycles. The van der Waals surface area contributed by atoms with Gasteiger partial charge in [0.2, 0.25) is 5.91 Å². The van der Waals surface area contributed by atoms with Crippen LogP contribution in [0.1, 0.15) is 79.2 Å². The second-order valence-corrected chi connectivity index (χ2v) is 14.3. The Morgan fingerprint density at radius 3 is 2.57 bits per heavy atom. The fourth-order valence-corrected chi connectivity index (χ4v) is 7.96. The molecule has 1 aromatic heterocycles. The minimum atomic E-state index is -0.0771. The van der Waals surface area contributed by atoms with E-state index in [1.54, 1.807) is 11.3 Å². The van der Waals surface area contributed by atoms with Gasteiger partial charge in [-0.25, -0.2) is 0 Å². The van der Waals surface area contributed by atoms with Crippen LogP contribution in [0.15, 0.2) is 42.5 Å². The number of hydrogen-bond donors (Lipinski definition) is 1. The fraction of sp³-hybridized carbons (Fsp3) is 0.529. The molecular weight excluding hydrogens is 574 g/mol. The first-order chi connectivity index (χ1) is 21.3. The Bertz CT molecular complexity index is 1500. The van der Waals surface area contributed by atoms with Crippen LogP contribution in [0.3, 0.4) is 0 Å². The molecule has 1 aliphatic carbocycles. The van der Waals surface area contributed by atoms with Gasteiger partial charge in [0.15, 0.2) is 0 Å². The fourth-order valence-electron chi connectivity index (χ4n) is 7.11. The highest BCUT2D eigenvalue weighted by molar-refractivity contribution is 7.14. The number of aromatic nitrogens is 2. The van der Waals surface area contributed by atoms with Gasteiger partial charge < -0.3 is 19.7 Å². The maximum absolute atomic E-state index is 13.4. The van der Waals surface area contributed by atoms with E-state index in [9.17, 15) is 9.59 Å². The lowest BCUT2D eigenvalue weighted by molar-refractivity contribution is -0.128. The molecule has 4 fully saturated rings. The zero-order chi connectivity index (χ0) is 30.3. The molecule has 0 atom stereocenters. The summed E-state index contributed by atoms with van der Waals surface area (Å²) in [5, 5.41) is 13.8. The highest BCUT2D eigenvalue weighted by Gasteiger charge is 2.53. The molecule has 3 saturated heterocycles. The Kier molecular flexibility index (Phi) is 8.16. The van der Waals surface area contributed by atoms with Crippen molar-refractivity contribution < 1.29 is 19.1 Å². The lowest BCUT2D eigenvalue weighted by Gasteiger charge is -2.61. The van der Waals surface area contributed by atoms with Crippen molar-refractivity contribution in [3.05, 3.63) is 58.6 Å². The second-order valence-electron chi connectivity index (χ2n) is 13.3. The van der Waals surface area contributed by atoms with Gasteiger partial charge in [0.05, 0.1) is 0 Å². The average molecular weight is 616 g/mol. The quantitative estimate of drug-likeness (QED) is 0.334. The molecule has 0 radical (unpaired) electrons. The summed E-state index contributed by atoms with van der Waals surface area (Å²) in [5.74, 6) is 1.68. The third kappa shape index (κ3) is 6.12. The van der Waals surface area contributed by atoms with Crippen molar-refractivity contribution in [3.8, 4) is 22.1 Å². The van der Waals surface area contributed by atoms with Crippen molar-refractivity contribution in [3.63, 3.8) is 0 Å². The zero-order valence-corrected chi connectivity index (χ0v) is 26.4. The summed E-state index contributed by atoms with van der Waals surface area (Å²) in [4.78, 5) is 30.2. The summed E-state index contributed by atoms with van der Waals surface area (Å²) < 4.78 is 11.9. The number of hydrogen-bond acceptors (Lipinski definition) is 8. The molecule has 3 aliphatic heterocycles. The first-order valence-corrected chi connectivity index (χ1v) is 16.8. The summed E-state index contributed by atoms with van der Waals surface area (Å²) in [7, 11) is 0. The van der Waals surface area contributed by atoms with Crippen molar-refractivity contribution in [2.45, 2.75) is 76.9 Å². The number of rotatable bonds is 9. The normalized spacial score (nSPS) is 20.6. The predicted molar refractivity (Wildman–Crippen MR) is 169 cm³/mol. The Hall–Kier alpha value is -3.34. The molecule has 1 N–H and O–H groups in total. The van der Waals surface area contributed by atoms with Gasteiger partial charge in [-0.3, -0.25) is 14.5 Å². The van der Waals surface area contributed by atoms with E-state index in [2.05, 4.69) is 34.3 Å². The second kappa shape index (κ2) is 12.2. The molecule has 232 valence electrons. The highest BCUT2D eigenvalue weighted by Crippen LogP contribution is 2.49. The Labute approximate surface area is 262 Å². The van der Waals surface area contributed by atoms with E-state index in [1.165, 1.54) is 0 Å². The largest absolute Gasteiger partial charge is 0.457 e. The Balaban J connectivity index is 1.02. The number of nitrogens with zero attached hydrogens (tertiary/aromatic N) is 4. The van der Waals surface area contributed by atoms with Crippen LogP contribution in [0.4, 0.5) is 0 Å². The summed E-state index contributed by atoms with van der Waals surface area (Å²) in [6.07, 6.45) is 5.80. The summed E-state index contributed by atoms with van der Waals surface area (Å²) in [5.41, 5.74) is 2.81. The molecule has 1 saturated carbocycles. The van der Waals surface area contributed by atoms with Crippen molar-refractivity contribution in [1.82, 2.24) is 25.3 Å². The standard InChI is InChI=1S/C34H41N5O4S/c1-22(2)32-36-37-33(44-32)23-7-9-28(10-8-23)43-29-16-24(5-6-25(29)19-38-13-3-4-30(38)40)31(41)35-26-17-34(18-26)20-39(21-34)27-11-14-42-15-12-27/h5-10,16,22,26-27H,3-4,11-15,17-21H2,1-2H3,(H,35,41). The Morgan fingerprint density at radius 2 is 1.89 bits per heavy atom. The number of ether oxygens (including phenoxy) is 2. The van der Waals surface area contributed by atoms with Gasteiger partial charge in [-0.05, 0) is 73.9 Å². The van der Waals surface area contributed by atoms with Gasteiger partial charge in [-0.2, -0.15) is 0 Å². The number of benzene rings is 2. The van der Waals surface area contributed by atoms with Crippen LogP contribution >= 0.6 is 11.3 Å². The van der Waals surface area contributed by atoms with Gasteiger partial charge in [-0.15, -0.1) is 10.2 Å². The minimum absolute atomic E-state index is 0.0771. The van der Waals surface area contributed by atoms with Gasteiger partial charge in [-0.1, -0.05) is 31.3 Å². The zero-order valence-electron chi connectivity index (χ0n) is 25.6. The number of nitrogens with one attached hydrogen (secondary N) is 1. The predicted octanol–water partition coefficient (Wildman–Crippen LogP) is 5.62. The number of amides is 2. The monoisotopic (exact) mass is 615 g/mol. The molecular formula is C34H41N5O4S. The van der Waals surface area contributed by atoms with Crippen LogP contribution in [0.2, 0.25) is 0 Å². The lowest BCUT2D eigenvalue weighted by Crippen LogP contribution is -2.68. The van der Waals surface area contributed by atoms with E-state index in [1.807, 2.05) is 47.4 Å². The minimum Gasteiger partial charge on any atom is -0.457 e. The number of likely N-dealkylation sites (tertiary alicyclic amines) is 2. The van der Waals surface area contributed by atoms with Crippen LogP contribution in [-0.4, -0.2) is 76.7 Å². The van der Waals surface area contributed by atoms with Crippen LogP contribution in [-0.2, 0) is 16.1 Å². The van der Waals surface area contributed by atoms with E-state index < -0.39 is 0 Å². The molecule has 0 bridgehead atoms. The van der Waals surface area contributed by atoms with E-state index >= 15 is 0 Å². The Morgan fingerprint density at radius 1 is 1.11 bits per heavy atom. The van der Waals surface area contributed by atoms with Crippen LogP contribution in [0.25, 0.3) is 10.6 Å². The molecule has 10 heteroatoms. The maximum atomic E-state index is 13.4. The third-order valence-electron chi connectivity index (χ3n) is 9.60. The van der Waals surface area contributed by atoms with Crippen LogP contribution in [0, 0.1) is 5.41 Å². The molecule has 7 rings (SSSR count). The average Bonchev–Trinajstić information content (AvgIpc) is 3.65. The van der Waals surface area contributed by atoms with Crippen molar-refractivity contribution in [2.24, 2.45) is 5.41 Å². The molecule has 2 amide bonds. The first-order valence-electron chi connectivity index (χ1n) is 16.0. The van der Waals surface area contributed by atoms with E-state index in [0.717, 1.165) is 86.1 Å². The topological polar surface area (TPSA) is 96.9 Å². The smallest absolute Gasteiger partial charge is 0.251 e. The summed E-state index contributed by atoms with van der Waals surface area (Å²) in [6, 6.07) is 14.3. The highest BCUT2D eigenvalue weighted by atomic mass is 32.1. The number of carbonyl (C=O) groups excluding carboxylic acids is 2. The van der Waals surface area contributed by atoms with E-state index in [0.29, 0.717) is 47.4 Å². The molecule has 3 aromatic rings. The van der Waals surface area contributed by atoms with Crippen molar-refractivity contribution in [2.75, 3.05) is 32.8 Å². The van der Waals surface area contributed by atoms with Crippen molar-refractivity contribution >= 4 is 23.2 Å². The van der Waals surface area contributed by atoms with E-state index in [4.69, 9.17) is 9.47 Å². The summed E-state index contributed by atoms with van der Waals surface area (Å²) >= 11 is 1.60. The molecule has 44 heavy (non-hydrogen) atoms. The molecule has 2 aromatic carbocycles. The lowest BCUT2D eigenvalue weighted by atomic mass is 9.60. The summed E-state index contributed by atoms with van der Waals surface area (Å²) in [6.45, 7) is 9.46. The van der Waals surface area contributed by atoms with Crippen molar-refractivity contribution in [1.29, 1.82) is 0 Å². The van der Waals surface area contributed by atoms with Gasteiger partial charge in [0, 0.05) is 80.5 Å². The third-order valence-corrected chi connectivity index (χ3v) is 10.9. The maximum Gasteiger partial charge on any atom is 0.251 e. The molecule has 4 aliphatic rings. The molecule has 0 unspecified atom stereocenters. The molecule has 9 nitrogen and oxygen atoms in total. The van der Waals surface area contributed by atoms with Crippen LogP contribution in [0.5, 0.6) is 11.5 Å². The van der Waals surface area contributed by atoms with Gasteiger partial charge in [0.25, 0.3) is 5.91 Å². The SMILES string of the molecule is CC(C)c1nnc(-c2ccc(Oc3cc(C(=O)NC4CC5(C4)CN(C4CCOCC4)C5)ccc3CN3CCCC3=O)cc2)s1. The number of carbonyl (C=O) groups is 2.